The molecule has 0 aliphatic heterocycles. The summed E-state index contributed by atoms with van der Waals surface area (Å²) >= 11 is 0. The zero-order valence-electron chi connectivity index (χ0n) is 8.00. The SMILES string of the molecule is O=C(NOCC(F)(F)F)C(C(F)(F)F)C(F)(F)F. The van der Waals surface area contributed by atoms with Crippen LogP contribution in [0.1, 0.15) is 0 Å². The topological polar surface area (TPSA) is 38.3 Å². The Labute approximate surface area is 92.8 Å². The summed E-state index contributed by atoms with van der Waals surface area (Å²) in [7, 11) is 0. The maximum atomic E-state index is 11.9. The van der Waals surface area contributed by atoms with Crippen molar-refractivity contribution in [2.45, 2.75) is 18.5 Å². The van der Waals surface area contributed by atoms with Gasteiger partial charge in [0.1, 0.15) is 0 Å². The van der Waals surface area contributed by atoms with E-state index in [1.165, 1.54) is 0 Å². The standard InChI is InChI=1S/C6H4F9NO2/c7-4(8,9)1-18-16-3(17)2(5(10,11)12)6(13,14)15/h2H,1H2,(H,16,17). The first-order valence-electron chi connectivity index (χ1n) is 3.87. The lowest BCUT2D eigenvalue weighted by Crippen LogP contribution is -2.48. The Morgan fingerprint density at radius 3 is 1.61 bits per heavy atom. The summed E-state index contributed by atoms with van der Waals surface area (Å²) in [6, 6.07) is 0. The van der Waals surface area contributed by atoms with Crippen molar-refractivity contribution in [1.82, 2.24) is 5.48 Å². The van der Waals surface area contributed by atoms with Crippen LogP contribution < -0.4 is 5.48 Å². The summed E-state index contributed by atoms with van der Waals surface area (Å²) in [6.07, 6.45) is -17.0. The normalized spacial score (nSPS) is 13.9. The lowest BCUT2D eigenvalue weighted by Gasteiger charge is -2.21. The fraction of sp³-hybridized carbons (Fsp3) is 0.833. The molecule has 0 saturated carbocycles. The van der Waals surface area contributed by atoms with Crippen molar-refractivity contribution in [3.05, 3.63) is 0 Å². The van der Waals surface area contributed by atoms with Gasteiger partial charge in [-0.15, -0.1) is 0 Å². The van der Waals surface area contributed by atoms with Crippen molar-refractivity contribution in [3.8, 4) is 0 Å². The summed E-state index contributed by atoms with van der Waals surface area (Å²) < 4.78 is 106. The molecule has 0 saturated heterocycles. The molecular weight excluding hydrogens is 289 g/mol. The number of alkyl halides is 9. The monoisotopic (exact) mass is 293 g/mol. The fourth-order valence-electron chi connectivity index (χ4n) is 0.731. The van der Waals surface area contributed by atoms with E-state index in [2.05, 4.69) is 4.84 Å². The molecule has 0 aromatic heterocycles. The van der Waals surface area contributed by atoms with E-state index in [9.17, 15) is 44.3 Å². The van der Waals surface area contributed by atoms with Crippen LogP contribution in [0, 0.1) is 5.92 Å². The molecule has 0 heterocycles. The molecule has 0 radical (unpaired) electrons. The number of halogens is 9. The van der Waals surface area contributed by atoms with Crippen molar-refractivity contribution < 1.29 is 49.1 Å². The van der Waals surface area contributed by atoms with E-state index in [4.69, 9.17) is 0 Å². The third kappa shape index (κ3) is 5.93. The smallest absolute Gasteiger partial charge is 0.272 e. The molecule has 108 valence electrons. The highest BCUT2D eigenvalue weighted by Gasteiger charge is 2.61. The second-order valence-corrected chi connectivity index (χ2v) is 2.89. The molecule has 1 N–H and O–H groups in total. The highest BCUT2D eigenvalue weighted by molar-refractivity contribution is 5.79. The van der Waals surface area contributed by atoms with E-state index in [1.54, 1.807) is 0 Å². The van der Waals surface area contributed by atoms with Crippen LogP contribution in [-0.2, 0) is 9.63 Å². The van der Waals surface area contributed by atoms with Crippen LogP contribution in [0.4, 0.5) is 39.5 Å². The molecule has 0 aromatic rings. The van der Waals surface area contributed by atoms with E-state index >= 15 is 0 Å². The zero-order valence-corrected chi connectivity index (χ0v) is 8.00. The highest BCUT2D eigenvalue weighted by atomic mass is 19.4. The van der Waals surface area contributed by atoms with Gasteiger partial charge in [-0.3, -0.25) is 9.63 Å². The molecule has 0 bridgehead atoms. The molecule has 12 heteroatoms. The first-order chi connectivity index (χ1) is 7.75. The summed E-state index contributed by atoms with van der Waals surface area (Å²) in [4.78, 5) is 13.7. The van der Waals surface area contributed by atoms with Crippen molar-refractivity contribution >= 4 is 5.91 Å². The number of carbonyl (C=O) groups excluding carboxylic acids is 1. The lowest BCUT2D eigenvalue weighted by molar-refractivity contribution is -0.278. The third-order valence-electron chi connectivity index (χ3n) is 1.33. The van der Waals surface area contributed by atoms with Crippen LogP contribution in [0.3, 0.4) is 0 Å². The molecular formula is C6H4F9NO2. The summed E-state index contributed by atoms with van der Waals surface area (Å²) in [5.41, 5.74) is 0.453. The van der Waals surface area contributed by atoms with E-state index in [0.29, 0.717) is 5.48 Å². The van der Waals surface area contributed by atoms with Crippen molar-refractivity contribution in [3.63, 3.8) is 0 Å². The number of nitrogens with one attached hydrogen (secondary N) is 1. The van der Waals surface area contributed by atoms with E-state index in [0.717, 1.165) is 0 Å². The summed E-state index contributed by atoms with van der Waals surface area (Å²) in [6.45, 7) is -2.22. The maximum absolute atomic E-state index is 11.9. The largest absolute Gasteiger partial charge is 0.414 e. The van der Waals surface area contributed by atoms with Crippen LogP contribution >= 0.6 is 0 Å². The predicted octanol–water partition coefficient (Wildman–Crippen LogP) is 2.34. The predicted molar refractivity (Wildman–Crippen MR) is 35.7 cm³/mol. The average molecular weight is 293 g/mol. The minimum atomic E-state index is -6.00. The maximum Gasteiger partial charge on any atom is 0.414 e. The summed E-state index contributed by atoms with van der Waals surface area (Å²) in [5.74, 6) is -7.24. The van der Waals surface area contributed by atoms with Crippen LogP contribution in [0.2, 0.25) is 0 Å². The second-order valence-electron chi connectivity index (χ2n) is 2.89. The molecule has 0 aliphatic rings. The zero-order chi connectivity index (χ0) is 14.8. The van der Waals surface area contributed by atoms with Gasteiger partial charge in [0, 0.05) is 0 Å². The van der Waals surface area contributed by atoms with Crippen molar-refractivity contribution in [2.24, 2.45) is 5.92 Å². The van der Waals surface area contributed by atoms with Crippen LogP contribution in [0.5, 0.6) is 0 Å². The Bertz CT molecular complexity index is 277. The van der Waals surface area contributed by atoms with Gasteiger partial charge in [0.05, 0.1) is 0 Å². The van der Waals surface area contributed by atoms with Gasteiger partial charge in [0.25, 0.3) is 5.91 Å². The van der Waals surface area contributed by atoms with Gasteiger partial charge in [-0.05, 0) is 0 Å². The second kappa shape index (κ2) is 5.20. The minimum Gasteiger partial charge on any atom is -0.272 e. The van der Waals surface area contributed by atoms with Crippen LogP contribution in [0.25, 0.3) is 0 Å². The Balaban J connectivity index is 4.62. The van der Waals surface area contributed by atoms with Crippen molar-refractivity contribution in [2.75, 3.05) is 6.61 Å². The molecule has 0 rings (SSSR count). The molecule has 0 unspecified atom stereocenters. The number of hydroxylamine groups is 1. The number of hydrogen-bond acceptors (Lipinski definition) is 2. The Kier molecular flexibility index (Phi) is 4.85. The lowest BCUT2D eigenvalue weighted by atomic mass is 10.1. The van der Waals surface area contributed by atoms with Crippen molar-refractivity contribution in [1.29, 1.82) is 0 Å². The van der Waals surface area contributed by atoms with E-state index < -0.39 is 37.0 Å². The van der Waals surface area contributed by atoms with Crippen LogP contribution in [0.15, 0.2) is 0 Å². The molecule has 0 fully saturated rings. The number of amides is 1. The Morgan fingerprint density at radius 1 is 0.944 bits per heavy atom. The van der Waals surface area contributed by atoms with Gasteiger partial charge in [0.15, 0.2) is 6.61 Å². The van der Waals surface area contributed by atoms with Gasteiger partial charge in [0.2, 0.25) is 5.92 Å². The highest BCUT2D eigenvalue weighted by Crippen LogP contribution is 2.39. The van der Waals surface area contributed by atoms with Gasteiger partial charge in [-0.2, -0.15) is 39.5 Å². The van der Waals surface area contributed by atoms with Gasteiger partial charge < -0.3 is 0 Å². The number of rotatable bonds is 3. The molecule has 0 aliphatic carbocycles. The fourth-order valence-corrected chi connectivity index (χ4v) is 0.731. The number of carbonyl (C=O) groups is 1. The molecule has 3 nitrogen and oxygen atoms in total. The van der Waals surface area contributed by atoms with Gasteiger partial charge in [-0.1, -0.05) is 0 Å². The average Bonchev–Trinajstić information content (AvgIpc) is 1.93. The summed E-state index contributed by atoms with van der Waals surface area (Å²) in [5, 5.41) is 0. The minimum absolute atomic E-state index is 0.453. The number of hydrogen-bond donors (Lipinski definition) is 1. The third-order valence-corrected chi connectivity index (χ3v) is 1.33. The Hall–Kier alpha value is -1.20. The van der Waals surface area contributed by atoms with E-state index in [1.807, 2.05) is 0 Å². The molecule has 0 aromatic carbocycles. The Morgan fingerprint density at radius 2 is 1.33 bits per heavy atom. The molecule has 0 spiro atoms. The van der Waals surface area contributed by atoms with E-state index in [-0.39, 0.29) is 0 Å². The van der Waals surface area contributed by atoms with Crippen LogP contribution in [-0.4, -0.2) is 31.0 Å². The van der Waals surface area contributed by atoms with Gasteiger partial charge >= 0.3 is 18.5 Å². The first-order valence-corrected chi connectivity index (χ1v) is 3.87. The van der Waals surface area contributed by atoms with Gasteiger partial charge in [-0.25, -0.2) is 5.48 Å². The molecule has 1 amide bonds. The first kappa shape index (κ1) is 16.8. The quantitative estimate of drug-likeness (QED) is 0.640. The molecule has 18 heavy (non-hydrogen) atoms. The molecule has 0 atom stereocenters.